The topological polar surface area (TPSA) is 3.24 Å². The molecule has 1 aliphatic heterocycles. The summed E-state index contributed by atoms with van der Waals surface area (Å²) in [6.07, 6.45) is 7.82. The molecule has 0 saturated carbocycles. The van der Waals surface area contributed by atoms with E-state index in [1.807, 2.05) is 0 Å². The standard InChI is InChI=1S/C16H21N/c1-13(14-7-3-2-4-8-14)17-12-11-15-9-5-6-10-16(15)17/h2-4,7-9,13,16H,5-6,10-12H2,1H3. The van der Waals surface area contributed by atoms with E-state index >= 15 is 0 Å². The van der Waals surface area contributed by atoms with E-state index in [1.54, 1.807) is 5.57 Å². The molecule has 1 nitrogen and oxygen atoms in total. The highest BCUT2D eigenvalue weighted by atomic mass is 15.2. The van der Waals surface area contributed by atoms with Crippen molar-refractivity contribution in [2.75, 3.05) is 6.54 Å². The zero-order valence-electron chi connectivity index (χ0n) is 10.6. The Labute approximate surface area is 104 Å². The van der Waals surface area contributed by atoms with Crippen LogP contribution >= 0.6 is 0 Å². The zero-order chi connectivity index (χ0) is 11.7. The first-order valence-corrected chi connectivity index (χ1v) is 6.86. The highest BCUT2D eigenvalue weighted by Crippen LogP contribution is 2.37. The molecule has 0 bridgehead atoms. The van der Waals surface area contributed by atoms with Crippen molar-refractivity contribution in [1.29, 1.82) is 0 Å². The van der Waals surface area contributed by atoms with Gasteiger partial charge in [0.2, 0.25) is 0 Å². The monoisotopic (exact) mass is 227 g/mol. The van der Waals surface area contributed by atoms with Crippen LogP contribution in [0.25, 0.3) is 0 Å². The number of fused-ring (bicyclic) bond motifs is 1. The van der Waals surface area contributed by atoms with Gasteiger partial charge >= 0.3 is 0 Å². The third-order valence-corrected chi connectivity index (χ3v) is 4.35. The number of likely N-dealkylation sites (tertiary alicyclic amines) is 1. The summed E-state index contributed by atoms with van der Waals surface area (Å²) < 4.78 is 0. The molecule has 3 rings (SSSR count). The number of allylic oxidation sites excluding steroid dienone is 1. The van der Waals surface area contributed by atoms with Gasteiger partial charge in [-0.25, -0.2) is 0 Å². The van der Waals surface area contributed by atoms with Gasteiger partial charge in [0.15, 0.2) is 0 Å². The van der Waals surface area contributed by atoms with Crippen molar-refractivity contribution >= 4 is 0 Å². The Morgan fingerprint density at radius 3 is 2.88 bits per heavy atom. The molecule has 2 unspecified atom stereocenters. The molecule has 1 heteroatoms. The number of hydrogen-bond acceptors (Lipinski definition) is 1. The van der Waals surface area contributed by atoms with E-state index in [0.717, 1.165) is 6.04 Å². The minimum Gasteiger partial charge on any atom is -0.290 e. The summed E-state index contributed by atoms with van der Waals surface area (Å²) in [5, 5.41) is 0. The summed E-state index contributed by atoms with van der Waals surface area (Å²) in [7, 11) is 0. The third kappa shape index (κ3) is 2.04. The average molecular weight is 227 g/mol. The maximum absolute atomic E-state index is 2.69. The van der Waals surface area contributed by atoms with E-state index in [-0.39, 0.29) is 0 Å². The molecule has 0 spiro atoms. The van der Waals surface area contributed by atoms with Crippen LogP contribution in [0.5, 0.6) is 0 Å². The van der Waals surface area contributed by atoms with Crippen molar-refractivity contribution in [3.05, 3.63) is 47.5 Å². The van der Waals surface area contributed by atoms with Crippen LogP contribution in [0.4, 0.5) is 0 Å². The lowest BCUT2D eigenvalue weighted by atomic mass is 9.94. The van der Waals surface area contributed by atoms with Gasteiger partial charge in [0, 0.05) is 18.6 Å². The van der Waals surface area contributed by atoms with Crippen LogP contribution in [-0.2, 0) is 0 Å². The van der Waals surface area contributed by atoms with E-state index in [2.05, 4.69) is 48.2 Å². The summed E-state index contributed by atoms with van der Waals surface area (Å²) in [5.41, 5.74) is 3.17. The Kier molecular flexibility index (Phi) is 3.02. The van der Waals surface area contributed by atoms with Gasteiger partial charge < -0.3 is 0 Å². The molecule has 1 saturated heterocycles. The Bertz CT molecular complexity index is 407. The predicted octanol–water partition coefficient (Wildman–Crippen LogP) is 3.93. The Morgan fingerprint density at radius 2 is 2.06 bits per heavy atom. The fourth-order valence-corrected chi connectivity index (χ4v) is 3.37. The molecule has 1 aliphatic carbocycles. The van der Waals surface area contributed by atoms with Crippen molar-refractivity contribution in [3.8, 4) is 0 Å². The third-order valence-electron chi connectivity index (χ3n) is 4.35. The first-order chi connectivity index (χ1) is 8.36. The van der Waals surface area contributed by atoms with Crippen LogP contribution in [0.15, 0.2) is 42.0 Å². The largest absolute Gasteiger partial charge is 0.290 e. The molecular weight excluding hydrogens is 206 g/mol. The lowest BCUT2D eigenvalue weighted by molar-refractivity contribution is 0.192. The maximum atomic E-state index is 2.69. The van der Waals surface area contributed by atoms with Crippen LogP contribution in [-0.4, -0.2) is 17.5 Å². The molecule has 17 heavy (non-hydrogen) atoms. The van der Waals surface area contributed by atoms with Crippen molar-refractivity contribution in [2.24, 2.45) is 0 Å². The lowest BCUT2D eigenvalue weighted by Gasteiger charge is -2.32. The van der Waals surface area contributed by atoms with Gasteiger partial charge in [-0.15, -0.1) is 0 Å². The quantitative estimate of drug-likeness (QED) is 0.692. The van der Waals surface area contributed by atoms with Crippen LogP contribution in [0.1, 0.15) is 44.2 Å². The summed E-state index contributed by atoms with van der Waals surface area (Å²) in [6, 6.07) is 12.2. The molecular formula is C16H21N. The van der Waals surface area contributed by atoms with Crippen molar-refractivity contribution < 1.29 is 0 Å². The van der Waals surface area contributed by atoms with Crippen molar-refractivity contribution in [2.45, 2.75) is 44.7 Å². The smallest absolute Gasteiger partial charge is 0.0326 e. The lowest BCUT2D eigenvalue weighted by Crippen LogP contribution is -2.33. The molecule has 0 amide bonds. The van der Waals surface area contributed by atoms with Gasteiger partial charge in [0.05, 0.1) is 0 Å². The Hall–Kier alpha value is -1.08. The minimum absolute atomic E-state index is 0.560. The fraction of sp³-hybridized carbons (Fsp3) is 0.500. The number of benzene rings is 1. The number of hydrogen-bond donors (Lipinski definition) is 0. The molecule has 0 radical (unpaired) electrons. The van der Waals surface area contributed by atoms with E-state index in [9.17, 15) is 0 Å². The molecule has 90 valence electrons. The van der Waals surface area contributed by atoms with E-state index in [0.29, 0.717) is 6.04 Å². The molecule has 2 aliphatic rings. The van der Waals surface area contributed by atoms with Gasteiger partial charge in [0.25, 0.3) is 0 Å². The summed E-state index contributed by atoms with van der Waals surface area (Å²) >= 11 is 0. The predicted molar refractivity (Wildman–Crippen MR) is 71.9 cm³/mol. The molecule has 1 heterocycles. The molecule has 2 atom stereocenters. The van der Waals surface area contributed by atoms with E-state index in [1.165, 1.54) is 37.8 Å². The molecule has 1 aromatic rings. The molecule has 0 N–H and O–H groups in total. The zero-order valence-corrected chi connectivity index (χ0v) is 10.6. The minimum atomic E-state index is 0.560. The number of nitrogens with zero attached hydrogens (tertiary/aromatic N) is 1. The molecule has 1 aromatic carbocycles. The van der Waals surface area contributed by atoms with Gasteiger partial charge in [-0.05, 0) is 38.2 Å². The average Bonchev–Trinajstić information content (AvgIpc) is 2.83. The second-order valence-corrected chi connectivity index (χ2v) is 5.30. The summed E-state index contributed by atoms with van der Waals surface area (Å²) in [4.78, 5) is 2.69. The van der Waals surface area contributed by atoms with E-state index < -0.39 is 0 Å². The molecule has 1 fully saturated rings. The first kappa shape index (κ1) is 11.0. The highest BCUT2D eigenvalue weighted by molar-refractivity contribution is 5.24. The fourth-order valence-electron chi connectivity index (χ4n) is 3.37. The van der Waals surface area contributed by atoms with Gasteiger partial charge in [0.1, 0.15) is 0 Å². The molecule has 0 aromatic heterocycles. The maximum Gasteiger partial charge on any atom is 0.0326 e. The van der Waals surface area contributed by atoms with Crippen LogP contribution < -0.4 is 0 Å². The normalized spacial score (nSPS) is 26.4. The van der Waals surface area contributed by atoms with Crippen LogP contribution in [0.2, 0.25) is 0 Å². The summed E-state index contributed by atoms with van der Waals surface area (Å²) in [5.74, 6) is 0. The van der Waals surface area contributed by atoms with Crippen molar-refractivity contribution in [1.82, 2.24) is 4.90 Å². The summed E-state index contributed by atoms with van der Waals surface area (Å²) in [6.45, 7) is 3.60. The SMILES string of the molecule is CC(c1ccccc1)N1CCC2=CCCCC21. The Balaban J connectivity index is 1.81. The second-order valence-electron chi connectivity index (χ2n) is 5.30. The highest BCUT2D eigenvalue weighted by Gasteiger charge is 2.33. The van der Waals surface area contributed by atoms with E-state index in [4.69, 9.17) is 0 Å². The first-order valence-electron chi connectivity index (χ1n) is 6.86. The Morgan fingerprint density at radius 1 is 1.24 bits per heavy atom. The van der Waals surface area contributed by atoms with Gasteiger partial charge in [-0.1, -0.05) is 42.0 Å². The number of rotatable bonds is 2. The van der Waals surface area contributed by atoms with Crippen molar-refractivity contribution in [3.63, 3.8) is 0 Å². The van der Waals surface area contributed by atoms with Crippen LogP contribution in [0.3, 0.4) is 0 Å². The van der Waals surface area contributed by atoms with Crippen LogP contribution in [0, 0.1) is 0 Å². The van der Waals surface area contributed by atoms with Gasteiger partial charge in [-0.2, -0.15) is 0 Å². The van der Waals surface area contributed by atoms with Gasteiger partial charge in [-0.3, -0.25) is 4.90 Å². The second kappa shape index (κ2) is 4.66.